The van der Waals surface area contributed by atoms with Crippen LogP contribution in [0.4, 0.5) is 0 Å². The smallest absolute Gasteiger partial charge is 0.00886 e. The summed E-state index contributed by atoms with van der Waals surface area (Å²) in [6, 6.07) is 8.04. The lowest BCUT2D eigenvalue weighted by Crippen LogP contribution is -2.57. The Bertz CT molecular complexity index is 494. The third-order valence-electron chi connectivity index (χ3n) is 5.98. The van der Waals surface area contributed by atoms with Crippen molar-refractivity contribution in [2.45, 2.75) is 70.3 Å². The molecule has 1 aromatic rings. The zero-order chi connectivity index (χ0) is 13.8. The molecule has 0 aromatic heterocycles. The van der Waals surface area contributed by atoms with Gasteiger partial charge < -0.3 is 5.32 Å². The number of hydrogen-bond donors (Lipinski definition) is 1. The van der Waals surface area contributed by atoms with Crippen molar-refractivity contribution in [1.29, 1.82) is 0 Å². The van der Waals surface area contributed by atoms with Crippen molar-refractivity contribution in [3.63, 3.8) is 0 Å². The molecule has 1 spiro atoms. The molecule has 0 saturated heterocycles. The van der Waals surface area contributed by atoms with Crippen LogP contribution in [0.25, 0.3) is 0 Å². The standard InChI is InChI=1S/C19H27N/c1-14-8-15(2)10-16(9-14)19(13-20-17-4-5-17)11-18(12-19)6-3-7-18/h8-10,17,20H,3-7,11-13H2,1-2H3. The van der Waals surface area contributed by atoms with E-state index in [-0.39, 0.29) is 0 Å². The SMILES string of the molecule is Cc1cc(C)cc(C2(CNC3CC3)CC3(CCC3)C2)c1. The lowest BCUT2D eigenvalue weighted by molar-refractivity contribution is -0.0484. The van der Waals surface area contributed by atoms with Gasteiger partial charge in [-0.25, -0.2) is 0 Å². The van der Waals surface area contributed by atoms with E-state index in [1.165, 1.54) is 62.6 Å². The van der Waals surface area contributed by atoms with Crippen LogP contribution in [0.2, 0.25) is 0 Å². The van der Waals surface area contributed by atoms with Crippen molar-refractivity contribution in [1.82, 2.24) is 5.32 Å². The van der Waals surface area contributed by atoms with Crippen LogP contribution in [0.3, 0.4) is 0 Å². The van der Waals surface area contributed by atoms with Crippen LogP contribution in [0.1, 0.15) is 61.6 Å². The molecule has 3 aliphatic rings. The third-order valence-corrected chi connectivity index (χ3v) is 5.98. The van der Waals surface area contributed by atoms with Crippen LogP contribution in [0, 0.1) is 19.3 Å². The van der Waals surface area contributed by atoms with Gasteiger partial charge in [0.15, 0.2) is 0 Å². The van der Waals surface area contributed by atoms with Gasteiger partial charge in [-0.2, -0.15) is 0 Å². The minimum absolute atomic E-state index is 0.444. The molecule has 0 heterocycles. The molecule has 0 bridgehead atoms. The van der Waals surface area contributed by atoms with Crippen LogP contribution < -0.4 is 5.32 Å². The van der Waals surface area contributed by atoms with E-state index in [4.69, 9.17) is 0 Å². The summed E-state index contributed by atoms with van der Waals surface area (Å²) in [4.78, 5) is 0. The van der Waals surface area contributed by atoms with E-state index >= 15 is 0 Å². The van der Waals surface area contributed by atoms with E-state index in [9.17, 15) is 0 Å². The molecule has 3 saturated carbocycles. The Kier molecular flexibility index (Phi) is 2.79. The number of aryl methyl sites for hydroxylation is 2. The van der Waals surface area contributed by atoms with Gasteiger partial charge in [0, 0.05) is 18.0 Å². The Morgan fingerprint density at radius 2 is 1.70 bits per heavy atom. The first-order valence-corrected chi connectivity index (χ1v) is 8.42. The second kappa shape index (κ2) is 4.34. The van der Waals surface area contributed by atoms with Crippen molar-refractivity contribution < 1.29 is 0 Å². The van der Waals surface area contributed by atoms with Gasteiger partial charge >= 0.3 is 0 Å². The molecule has 0 aliphatic heterocycles. The minimum atomic E-state index is 0.444. The van der Waals surface area contributed by atoms with Crippen LogP contribution in [-0.2, 0) is 5.41 Å². The van der Waals surface area contributed by atoms with Gasteiger partial charge in [0.25, 0.3) is 0 Å². The summed E-state index contributed by atoms with van der Waals surface area (Å²) in [6.07, 6.45) is 10.1. The average Bonchev–Trinajstić information content (AvgIpc) is 3.08. The highest BCUT2D eigenvalue weighted by atomic mass is 15.0. The monoisotopic (exact) mass is 269 g/mol. The van der Waals surface area contributed by atoms with E-state index < -0.39 is 0 Å². The summed E-state index contributed by atoms with van der Waals surface area (Å²) in [5.41, 5.74) is 5.66. The molecule has 0 amide bonds. The summed E-state index contributed by atoms with van der Waals surface area (Å²) in [5, 5.41) is 3.82. The van der Waals surface area contributed by atoms with E-state index in [1.54, 1.807) is 5.56 Å². The second-order valence-corrected chi connectivity index (χ2v) is 8.02. The predicted octanol–water partition coefficient (Wildman–Crippen LogP) is 4.26. The molecule has 4 rings (SSSR count). The second-order valence-electron chi connectivity index (χ2n) is 8.02. The van der Waals surface area contributed by atoms with Gasteiger partial charge in [0.1, 0.15) is 0 Å². The van der Waals surface area contributed by atoms with Crippen molar-refractivity contribution in [3.8, 4) is 0 Å². The average molecular weight is 269 g/mol. The first-order chi connectivity index (χ1) is 9.59. The molecular weight excluding hydrogens is 242 g/mol. The van der Waals surface area contributed by atoms with E-state index in [0.717, 1.165) is 11.5 Å². The summed E-state index contributed by atoms with van der Waals surface area (Å²) in [6.45, 7) is 5.70. The molecule has 1 heteroatoms. The molecule has 0 atom stereocenters. The molecule has 1 N–H and O–H groups in total. The normalized spacial score (nSPS) is 26.1. The van der Waals surface area contributed by atoms with Crippen LogP contribution >= 0.6 is 0 Å². The van der Waals surface area contributed by atoms with E-state index in [0.29, 0.717) is 5.41 Å². The largest absolute Gasteiger partial charge is 0.313 e. The quantitative estimate of drug-likeness (QED) is 0.861. The molecule has 3 fully saturated rings. The van der Waals surface area contributed by atoms with Gasteiger partial charge in [-0.15, -0.1) is 0 Å². The van der Waals surface area contributed by atoms with Crippen molar-refractivity contribution in [2.24, 2.45) is 5.41 Å². The highest BCUT2D eigenvalue weighted by Gasteiger charge is 2.57. The highest BCUT2D eigenvalue weighted by Crippen LogP contribution is 2.64. The number of benzene rings is 1. The van der Waals surface area contributed by atoms with Gasteiger partial charge in [-0.3, -0.25) is 0 Å². The molecule has 0 unspecified atom stereocenters. The van der Waals surface area contributed by atoms with E-state index in [1.807, 2.05) is 0 Å². The van der Waals surface area contributed by atoms with Gasteiger partial charge in [-0.05, 0) is 63.4 Å². The number of rotatable bonds is 4. The maximum absolute atomic E-state index is 3.82. The van der Waals surface area contributed by atoms with Crippen molar-refractivity contribution >= 4 is 0 Å². The minimum Gasteiger partial charge on any atom is -0.313 e. The lowest BCUT2D eigenvalue weighted by atomic mass is 9.43. The molecule has 0 radical (unpaired) electrons. The molecule has 20 heavy (non-hydrogen) atoms. The third kappa shape index (κ3) is 2.11. The number of hydrogen-bond acceptors (Lipinski definition) is 1. The maximum Gasteiger partial charge on any atom is 0.00886 e. The Labute approximate surface area is 123 Å². The topological polar surface area (TPSA) is 12.0 Å². The van der Waals surface area contributed by atoms with Crippen molar-refractivity contribution in [2.75, 3.05) is 6.54 Å². The molecule has 3 aliphatic carbocycles. The van der Waals surface area contributed by atoms with Gasteiger partial charge in [0.2, 0.25) is 0 Å². The fourth-order valence-corrected chi connectivity index (χ4v) is 4.75. The Hall–Kier alpha value is -0.820. The molecule has 108 valence electrons. The fourth-order valence-electron chi connectivity index (χ4n) is 4.75. The number of nitrogens with one attached hydrogen (secondary N) is 1. The summed E-state index contributed by atoms with van der Waals surface area (Å²) < 4.78 is 0. The first kappa shape index (κ1) is 12.9. The Morgan fingerprint density at radius 1 is 1.05 bits per heavy atom. The zero-order valence-corrected chi connectivity index (χ0v) is 13.0. The fraction of sp³-hybridized carbons (Fsp3) is 0.684. The van der Waals surface area contributed by atoms with Crippen LogP contribution in [-0.4, -0.2) is 12.6 Å². The first-order valence-electron chi connectivity index (χ1n) is 8.42. The maximum atomic E-state index is 3.82. The summed E-state index contributed by atoms with van der Waals surface area (Å²) in [5.74, 6) is 0. The molecule has 1 nitrogen and oxygen atoms in total. The van der Waals surface area contributed by atoms with E-state index in [2.05, 4.69) is 37.4 Å². The Balaban J connectivity index is 1.60. The lowest BCUT2D eigenvalue weighted by Gasteiger charge is -2.62. The van der Waals surface area contributed by atoms with Gasteiger partial charge in [0.05, 0.1) is 0 Å². The predicted molar refractivity (Wildman–Crippen MR) is 84.1 cm³/mol. The molecular formula is C19H27N. The van der Waals surface area contributed by atoms with Gasteiger partial charge in [-0.1, -0.05) is 35.7 Å². The van der Waals surface area contributed by atoms with Crippen molar-refractivity contribution in [3.05, 3.63) is 34.9 Å². The van der Waals surface area contributed by atoms with Crippen LogP contribution in [0.5, 0.6) is 0 Å². The molecule has 1 aromatic carbocycles. The Morgan fingerprint density at radius 3 is 2.20 bits per heavy atom. The zero-order valence-electron chi connectivity index (χ0n) is 13.0. The highest BCUT2D eigenvalue weighted by molar-refractivity contribution is 5.38. The summed E-state index contributed by atoms with van der Waals surface area (Å²) in [7, 11) is 0. The van der Waals surface area contributed by atoms with Crippen LogP contribution in [0.15, 0.2) is 18.2 Å². The summed E-state index contributed by atoms with van der Waals surface area (Å²) >= 11 is 0.